The van der Waals surface area contributed by atoms with E-state index in [9.17, 15) is 4.79 Å². The Hall–Kier alpha value is -3.66. The highest BCUT2D eigenvalue weighted by Gasteiger charge is 2.16. The van der Waals surface area contributed by atoms with E-state index in [0.29, 0.717) is 0 Å². The van der Waals surface area contributed by atoms with Crippen LogP contribution in [0, 0.1) is 6.92 Å². The van der Waals surface area contributed by atoms with Crippen LogP contribution in [0.4, 0.5) is 5.69 Å². The van der Waals surface area contributed by atoms with Crippen molar-refractivity contribution in [1.82, 2.24) is 4.98 Å². The minimum Gasteiger partial charge on any atom is -0.497 e. The van der Waals surface area contributed by atoms with Crippen LogP contribution < -0.4 is 10.1 Å². The van der Waals surface area contributed by atoms with Crippen molar-refractivity contribution in [3.05, 3.63) is 90.3 Å². The molecule has 0 aliphatic carbocycles. The van der Waals surface area contributed by atoms with Gasteiger partial charge in [0.1, 0.15) is 5.75 Å². The molecule has 0 radical (unpaired) electrons. The molecular weight excluding hydrogens is 372 g/mol. The Balaban J connectivity index is 1.48. The van der Waals surface area contributed by atoms with Gasteiger partial charge in [0.15, 0.2) is 0 Å². The van der Waals surface area contributed by atoms with E-state index in [1.165, 1.54) is 0 Å². The van der Waals surface area contributed by atoms with Gasteiger partial charge in [0.2, 0.25) is 5.91 Å². The number of hydrogen-bond donors (Lipinski definition) is 1. The van der Waals surface area contributed by atoms with Crippen molar-refractivity contribution in [2.45, 2.75) is 19.8 Å². The number of carbonyl (C=O) groups excluding carboxylic acids is 1. The fraction of sp³-hybridized carbons (Fsp3) is 0.154. The lowest BCUT2D eigenvalue weighted by molar-refractivity contribution is -0.117. The number of aromatic nitrogens is 1. The summed E-state index contributed by atoms with van der Waals surface area (Å²) in [4.78, 5) is 17.0. The molecule has 0 bridgehead atoms. The average Bonchev–Trinajstić information content (AvgIpc) is 2.78. The summed E-state index contributed by atoms with van der Waals surface area (Å²) < 4.78 is 5.28. The van der Waals surface area contributed by atoms with Crippen molar-refractivity contribution in [2.75, 3.05) is 12.4 Å². The normalized spacial score (nSPS) is 11.8. The van der Waals surface area contributed by atoms with E-state index < -0.39 is 0 Å². The smallest absolute Gasteiger partial charge is 0.231 e. The van der Waals surface area contributed by atoms with Gasteiger partial charge >= 0.3 is 0 Å². The van der Waals surface area contributed by atoms with Crippen molar-refractivity contribution in [2.24, 2.45) is 0 Å². The van der Waals surface area contributed by atoms with Gasteiger partial charge in [-0.15, -0.1) is 0 Å². The highest BCUT2D eigenvalue weighted by molar-refractivity contribution is 5.96. The molecule has 0 aliphatic heterocycles. The van der Waals surface area contributed by atoms with Gasteiger partial charge in [0, 0.05) is 17.6 Å². The Morgan fingerprint density at radius 2 is 1.63 bits per heavy atom. The first-order chi connectivity index (χ1) is 14.5. The number of rotatable bonds is 5. The number of nitrogens with zero attached hydrogens (tertiary/aromatic N) is 1. The molecule has 1 heterocycles. The van der Waals surface area contributed by atoms with Crippen molar-refractivity contribution >= 4 is 22.4 Å². The maximum Gasteiger partial charge on any atom is 0.231 e. The first kappa shape index (κ1) is 19.6. The molecule has 0 saturated heterocycles. The molecule has 150 valence electrons. The number of anilines is 1. The van der Waals surface area contributed by atoms with E-state index in [-0.39, 0.29) is 11.8 Å². The second-order valence-corrected chi connectivity index (χ2v) is 7.45. The fourth-order valence-corrected chi connectivity index (χ4v) is 3.51. The van der Waals surface area contributed by atoms with Gasteiger partial charge in [-0.2, -0.15) is 0 Å². The second kappa shape index (κ2) is 8.37. The summed E-state index contributed by atoms with van der Waals surface area (Å²) in [6, 6.07) is 24.0. The van der Waals surface area contributed by atoms with Crippen LogP contribution in [0.2, 0.25) is 0 Å². The average molecular weight is 396 g/mol. The van der Waals surface area contributed by atoms with Crippen LogP contribution in [0.5, 0.6) is 5.75 Å². The van der Waals surface area contributed by atoms with Crippen molar-refractivity contribution in [1.29, 1.82) is 0 Å². The lowest BCUT2D eigenvalue weighted by Gasteiger charge is -2.14. The topological polar surface area (TPSA) is 51.2 Å². The summed E-state index contributed by atoms with van der Waals surface area (Å²) in [5.74, 6) is 0.529. The highest BCUT2D eigenvalue weighted by Crippen LogP contribution is 2.27. The summed E-state index contributed by atoms with van der Waals surface area (Å²) in [5, 5.41) is 5.20. The van der Waals surface area contributed by atoms with Crippen molar-refractivity contribution < 1.29 is 9.53 Å². The summed E-state index contributed by atoms with van der Waals surface area (Å²) in [6.45, 7) is 3.90. The van der Waals surface area contributed by atoms with Crippen LogP contribution >= 0.6 is 0 Å². The van der Waals surface area contributed by atoms with E-state index in [1.54, 1.807) is 7.11 Å². The number of nitrogens with one attached hydrogen (secondary N) is 1. The number of hydrogen-bond acceptors (Lipinski definition) is 3. The molecule has 1 N–H and O–H groups in total. The Bertz CT molecular complexity index is 1200. The quantitative estimate of drug-likeness (QED) is 0.453. The highest BCUT2D eigenvalue weighted by atomic mass is 16.5. The predicted octanol–water partition coefficient (Wildman–Crippen LogP) is 5.96. The molecule has 0 fully saturated rings. The molecule has 1 aromatic heterocycles. The van der Waals surface area contributed by atoms with E-state index in [2.05, 4.69) is 16.4 Å². The van der Waals surface area contributed by atoms with Crippen LogP contribution in [0.1, 0.15) is 24.1 Å². The monoisotopic (exact) mass is 396 g/mol. The van der Waals surface area contributed by atoms with Gasteiger partial charge in [0.05, 0.1) is 13.0 Å². The molecule has 4 nitrogen and oxygen atoms in total. The molecular formula is C26H24N2O2. The van der Waals surface area contributed by atoms with Crippen LogP contribution in [0.25, 0.3) is 21.9 Å². The summed E-state index contributed by atoms with van der Waals surface area (Å²) in [5.41, 5.74) is 4.95. The number of methoxy groups -OCH3 is 1. The van der Waals surface area contributed by atoms with Crippen LogP contribution in [0.3, 0.4) is 0 Å². The molecule has 4 heteroatoms. The fourth-order valence-electron chi connectivity index (χ4n) is 3.51. The number of pyridine rings is 1. The number of carbonyl (C=O) groups is 1. The Labute approximate surface area is 176 Å². The number of fused-ring (bicyclic) bond motifs is 1. The van der Waals surface area contributed by atoms with Crippen molar-refractivity contribution in [3.8, 4) is 16.9 Å². The first-order valence-corrected chi connectivity index (χ1v) is 9.95. The predicted molar refractivity (Wildman–Crippen MR) is 122 cm³/mol. The summed E-state index contributed by atoms with van der Waals surface area (Å²) in [6.07, 6.45) is 1.81. The first-order valence-electron chi connectivity index (χ1n) is 9.95. The van der Waals surface area contributed by atoms with Crippen LogP contribution in [-0.4, -0.2) is 18.0 Å². The van der Waals surface area contributed by atoms with Crippen molar-refractivity contribution in [3.63, 3.8) is 0 Å². The summed E-state index contributed by atoms with van der Waals surface area (Å²) in [7, 11) is 1.66. The third-order valence-electron chi connectivity index (χ3n) is 5.35. The van der Waals surface area contributed by atoms with Gasteiger partial charge in [-0.1, -0.05) is 36.4 Å². The molecule has 30 heavy (non-hydrogen) atoms. The van der Waals surface area contributed by atoms with Gasteiger partial charge in [-0.3, -0.25) is 9.78 Å². The molecule has 1 atom stereocenters. The zero-order valence-corrected chi connectivity index (χ0v) is 17.3. The maximum absolute atomic E-state index is 12.8. The molecule has 0 spiro atoms. The van der Waals surface area contributed by atoms with E-state index >= 15 is 0 Å². The molecule has 3 aromatic carbocycles. The third-order valence-corrected chi connectivity index (χ3v) is 5.35. The zero-order chi connectivity index (χ0) is 21.1. The van der Waals surface area contributed by atoms with E-state index in [4.69, 9.17) is 4.74 Å². The molecule has 0 aliphatic rings. The number of aryl methyl sites for hydroxylation is 1. The Morgan fingerprint density at radius 3 is 2.37 bits per heavy atom. The van der Waals surface area contributed by atoms with Crippen LogP contribution in [0.15, 0.2) is 79.0 Å². The lowest BCUT2D eigenvalue weighted by atomic mass is 9.97. The Morgan fingerprint density at radius 1 is 0.900 bits per heavy atom. The zero-order valence-electron chi connectivity index (χ0n) is 17.3. The Kier molecular flexibility index (Phi) is 5.48. The molecule has 0 saturated carbocycles. The molecule has 1 amide bonds. The van der Waals surface area contributed by atoms with Gasteiger partial charge in [-0.25, -0.2) is 0 Å². The largest absolute Gasteiger partial charge is 0.497 e. The van der Waals surface area contributed by atoms with Crippen LogP contribution in [-0.2, 0) is 4.79 Å². The maximum atomic E-state index is 12.8. The van der Waals surface area contributed by atoms with Gasteiger partial charge in [-0.05, 0) is 77.7 Å². The SMILES string of the molecule is COc1ccc2cc([C@H](C)C(=O)Nc3ccc(-c4ccnc(C)c4)cc3)ccc2c1. The number of ether oxygens (including phenoxy) is 1. The minimum absolute atomic E-state index is 0.0321. The summed E-state index contributed by atoms with van der Waals surface area (Å²) >= 11 is 0. The standard InChI is InChI=1S/C26H24N2O2/c1-17-14-23(12-13-27-17)19-6-9-24(10-7-19)28-26(29)18(2)20-4-5-22-16-25(30-3)11-8-21(22)15-20/h4-16,18H,1-3H3,(H,28,29)/t18-/m0/s1. The molecule has 4 rings (SSSR count). The second-order valence-electron chi connectivity index (χ2n) is 7.45. The molecule has 0 unspecified atom stereocenters. The van der Waals surface area contributed by atoms with E-state index in [0.717, 1.165) is 44.6 Å². The van der Waals surface area contributed by atoms with Gasteiger partial charge in [0.25, 0.3) is 0 Å². The van der Waals surface area contributed by atoms with E-state index in [1.807, 2.05) is 86.8 Å². The number of amides is 1. The number of benzene rings is 3. The third kappa shape index (κ3) is 4.18. The van der Waals surface area contributed by atoms with Gasteiger partial charge < -0.3 is 10.1 Å². The lowest BCUT2D eigenvalue weighted by Crippen LogP contribution is -2.18. The minimum atomic E-state index is -0.265. The molecule has 4 aromatic rings.